The topological polar surface area (TPSA) is 41.9 Å². The lowest BCUT2D eigenvalue weighted by Crippen LogP contribution is -2.27. The molecule has 1 aromatic heterocycles. The van der Waals surface area contributed by atoms with Crippen molar-refractivity contribution >= 4 is 5.82 Å². The molecule has 0 spiro atoms. The lowest BCUT2D eigenvalue weighted by Gasteiger charge is -2.25. The Morgan fingerprint density at radius 1 is 1.06 bits per heavy atom. The molecule has 4 heteroatoms. The zero-order valence-electron chi connectivity index (χ0n) is 10.9. The smallest absolute Gasteiger partial charge is 0.124 e. The van der Waals surface area contributed by atoms with Gasteiger partial charge in [-0.1, -0.05) is 0 Å². The highest BCUT2D eigenvalue weighted by Gasteiger charge is 2.36. The molecule has 1 aliphatic carbocycles. The van der Waals surface area contributed by atoms with E-state index in [1.807, 2.05) is 0 Å². The number of piperidine rings is 1. The fourth-order valence-electron chi connectivity index (χ4n) is 3.50. The van der Waals surface area contributed by atoms with Gasteiger partial charge >= 0.3 is 0 Å². The van der Waals surface area contributed by atoms with Crippen LogP contribution in [0.1, 0.15) is 49.8 Å². The highest BCUT2D eigenvalue weighted by molar-refractivity contribution is 5.40. The summed E-state index contributed by atoms with van der Waals surface area (Å²) in [6, 6.07) is 2.99. The van der Waals surface area contributed by atoms with Gasteiger partial charge in [-0.25, -0.2) is 4.68 Å². The summed E-state index contributed by atoms with van der Waals surface area (Å²) in [5, 5.41) is 11.9. The summed E-state index contributed by atoms with van der Waals surface area (Å²) in [5.41, 5.74) is 1.33. The maximum atomic E-state index is 4.94. The fourth-order valence-corrected chi connectivity index (χ4v) is 3.50. The Morgan fingerprint density at radius 2 is 1.89 bits per heavy atom. The number of hydrogen-bond acceptors (Lipinski definition) is 3. The first-order valence-corrected chi connectivity index (χ1v) is 7.46. The third-order valence-electron chi connectivity index (χ3n) is 4.74. The largest absolute Gasteiger partial charge is 0.370 e. The number of anilines is 1. The van der Waals surface area contributed by atoms with Crippen molar-refractivity contribution in [1.82, 2.24) is 15.1 Å². The fraction of sp³-hybridized carbons (Fsp3) is 0.786. The number of rotatable bonds is 2. The molecule has 4 nitrogen and oxygen atoms in total. The quantitative estimate of drug-likeness (QED) is 0.840. The molecule has 0 aromatic carbocycles. The van der Waals surface area contributed by atoms with Crippen LogP contribution in [0.5, 0.6) is 0 Å². The Morgan fingerprint density at radius 3 is 2.67 bits per heavy atom. The predicted octanol–water partition coefficient (Wildman–Crippen LogP) is 2.12. The van der Waals surface area contributed by atoms with Crippen LogP contribution in [0.25, 0.3) is 0 Å². The van der Waals surface area contributed by atoms with Gasteiger partial charge in [0.05, 0.1) is 11.7 Å². The van der Waals surface area contributed by atoms with Crippen molar-refractivity contribution in [2.45, 2.75) is 44.1 Å². The minimum Gasteiger partial charge on any atom is -0.370 e. The van der Waals surface area contributed by atoms with Crippen LogP contribution in [0.2, 0.25) is 0 Å². The molecule has 1 aromatic rings. The molecule has 1 unspecified atom stereocenters. The Hall–Kier alpha value is -1.03. The summed E-state index contributed by atoms with van der Waals surface area (Å²) in [5.74, 6) is 2.85. The minimum atomic E-state index is 0.672. The van der Waals surface area contributed by atoms with Gasteiger partial charge in [-0.15, -0.1) is 0 Å². The highest BCUT2D eigenvalue weighted by atomic mass is 15.4. The molecule has 3 heterocycles. The van der Waals surface area contributed by atoms with Gasteiger partial charge in [0.1, 0.15) is 5.82 Å². The average molecular weight is 246 g/mol. The molecule has 98 valence electrons. The van der Waals surface area contributed by atoms with Gasteiger partial charge in [0.15, 0.2) is 0 Å². The van der Waals surface area contributed by atoms with Crippen molar-refractivity contribution < 1.29 is 0 Å². The molecule has 0 amide bonds. The van der Waals surface area contributed by atoms with Crippen LogP contribution < -0.4 is 10.6 Å². The summed E-state index contributed by atoms with van der Waals surface area (Å²) in [7, 11) is 0. The van der Waals surface area contributed by atoms with Crippen molar-refractivity contribution in [1.29, 1.82) is 0 Å². The molecular formula is C14H22N4. The van der Waals surface area contributed by atoms with E-state index in [4.69, 9.17) is 5.10 Å². The molecule has 0 bridgehead atoms. The van der Waals surface area contributed by atoms with Crippen LogP contribution in [0.15, 0.2) is 6.07 Å². The first-order valence-electron chi connectivity index (χ1n) is 7.46. The zero-order chi connectivity index (χ0) is 11.9. The van der Waals surface area contributed by atoms with Gasteiger partial charge in [0, 0.05) is 18.5 Å². The monoisotopic (exact) mass is 246 g/mol. The molecule has 1 saturated heterocycles. The molecule has 4 rings (SSSR count). The van der Waals surface area contributed by atoms with Gasteiger partial charge in [-0.05, 0) is 51.1 Å². The van der Waals surface area contributed by atoms with E-state index in [2.05, 4.69) is 21.4 Å². The van der Waals surface area contributed by atoms with Gasteiger partial charge in [-0.3, -0.25) is 0 Å². The maximum Gasteiger partial charge on any atom is 0.124 e. The Balaban J connectivity index is 1.61. The van der Waals surface area contributed by atoms with E-state index in [-0.39, 0.29) is 0 Å². The molecule has 3 aliphatic rings. The molecule has 1 saturated carbocycles. The SMILES string of the molecule is c1c(C2CCNCC2)nn2c1NCCC2C1CC1. The van der Waals surface area contributed by atoms with E-state index in [0.717, 1.165) is 25.6 Å². The second kappa shape index (κ2) is 4.26. The highest BCUT2D eigenvalue weighted by Crippen LogP contribution is 2.44. The van der Waals surface area contributed by atoms with Crippen LogP contribution in [-0.4, -0.2) is 29.4 Å². The molecule has 18 heavy (non-hydrogen) atoms. The summed E-state index contributed by atoms with van der Waals surface area (Å²) < 4.78 is 2.30. The van der Waals surface area contributed by atoms with E-state index in [9.17, 15) is 0 Å². The number of nitrogens with one attached hydrogen (secondary N) is 2. The second-order valence-electron chi connectivity index (χ2n) is 6.04. The van der Waals surface area contributed by atoms with E-state index in [0.29, 0.717) is 12.0 Å². The summed E-state index contributed by atoms with van der Waals surface area (Å²) in [6.07, 6.45) is 6.55. The van der Waals surface area contributed by atoms with Gasteiger partial charge in [0.25, 0.3) is 0 Å². The standard InChI is InChI=1S/C14H22N4/c1-2-11(1)13-5-8-16-14-9-12(17-18(13)14)10-3-6-15-7-4-10/h9-11,13,15-16H,1-8H2. The van der Waals surface area contributed by atoms with Crippen LogP contribution in [-0.2, 0) is 0 Å². The predicted molar refractivity (Wildman–Crippen MR) is 71.9 cm³/mol. The Labute approximate surface area is 108 Å². The summed E-state index contributed by atoms with van der Waals surface area (Å²) >= 11 is 0. The number of hydrogen-bond donors (Lipinski definition) is 2. The number of fused-ring (bicyclic) bond motifs is 1. The first-order chi connectivity index (χ1) is 8.92. The molecule has 2 aliphatic heterocycles. The third-order valence-corrected chi connectivity index (χ3v) is 4.74. The molecule has 2 fully saturated rings. The Kier molecular flexibility index (Phi) is 2.57. The average Bonchev–Trinajstić information content (AvgIpc) is 3.17. The van der Waals surface area contributed by atoms with Crippen molar-refractivity contribution in [2.75, 3.05) is 25.0 Å². The van der Waals surface area contributed by atoms with Crippen molar-refractivity contribution in [3.05, 3.63) is 11.8 Å². The summed E-state index contributed by atoms with van der Waals surface area (Å²) in [4.78, 5) is 0. The van der Waals surface area contributed by atoms with Crippen LogP contribution in [0, 0.1) is 5.92 Å². The van der Waals surface area contributed by atoms with Gasteiger partial charge < -0.3 is 10.6 Å². The van der Waals surface area contributed by atoms with E-state index in [1.165, 1.54) is 43.6 Å². The molecule has 0 radical (unpaired) electrons. The van der Waals surface area contributed by atoms with Crippen LogP contribution >= 0.6 is 0 Å². The zero-order valence-corrected chi connectivity index (χ0v) is 10.9. The molecular weight excluding hydrogens is 224 g/mol. The van der Waals surface area contributed by atoms with E-state index in [1.54, 1.807) is 0 Å². The maximum absolute atomic E-state index is 4.94. The third kappa shape index (κ3) is 1.83. The molecule has 1 atom stereocenters. The lowest BCUT2D eigenvalue weighted by atomic mass is 9.95. The first kappa shape index (κ1) is 10.9. The van der Waals surface area contributed by atoms with Gasteiger partial charge in [-0.2, -0.15) is 5.10 Å². The second-order valence-corrected chi connectivity index (χ2v) is 6.04. The van der Waals surface area contributed by atoms with E-state index < -0.39 is 0 Å². The van der Waals surface area contributed by atoms with Crippen LogP contribution in [0.3, 0.4) is 0 Å². The summed E-state index contributed by atoms with van der Waals surface area (Å²) in [6.45, 7) is 3.41. The van der Waals surface area contributed by atoms with Crippen molar-refractivity contribution in [3.63, 3.8) is 0 Å². The van der Waals surface area contributed by atoms with Crippen molar-refractivity contribution in [3.8, 4) is 0 Å². The normalized spacial score (nSPS) is 28.8. The van der Waals surface area contributed by atoms with E-state index >= 15 is 0 Å². The van der Waals surface area contributed by atoms with Crippen molar-refractivity contribution in [2.24, 2.45) is 5.92 Å². The Bertz CT molecular complexity index is 429. The lowest BCUT2D eigenvalue weighted by molar-refractivity contribution is 0.367. The molecule has 2 N–H and O–H groups in total. The minimum absolute atomic E-state index is 0.672. The number of nitrogens with zero attached hydrogens (tertiary/aromatic N) is 2. The van der Waals surface area contributed by atoms with Crippen LogP contribution in [0.4, 0.5) is 5.82 Å². The number of aromatic nitrogens is 2. The van der Waals surface area contributed by atoms with Gasteiger partial charge in [0.2, 0.25) is 0 Å².